The first-order valence-corrected chi connectivity index (χ1v) is 8.22. The Bertz CT molecular complexity index is 667. The fourth-order valence-electron chi connectivity index (χ4n) is 1.56. The highest BCUT2D eigenvalue weighted by Crippen LogP contribution is 2.15. The van der Waals surface area contributed by atoms with Crippen LogP contribution in [0.1, 0.15) is 0 Å². The largest absolute Gasteiger partial charge is 0.314 e. The van der Waals surface area contributed by atoms with Gasteiger partial charge in [0.05, 0.1) is 6.54 Å². The molecule has 0 radical (unpaired) electrons. The van der Waals surface area contributed by atoms with E-state index in [-0.39, 0.29) is 16.7 Å². The van der Waals surface area contributed by atoms with E-state index in [1.807, 2.05) is 18.2 Å². The Morgan fingerprint density at radius 2 is 1.90 bits per heavy atom. The van der Waals surface area contributed by atoms with Crippen molar-refractivity contribution >= 4 is 33.0 Å². The van der Waals surface area contributed by atoms with Gasteiger partial charge in [-0.3, -0.25) is 4.79 Å². The first-order valence-electron chi connectivity index (χ1n) is 5.85. The second-order valence-corrected chi connectivity index (χ2v) is 6.99. The van der Waals surface area contributed by atoms with Crippen molar-refractivity contribution in [3.63, 3.8) is 0 Å². The molecule has 20 heavy (non-hydrogen) atoms. The Hall–Kier alpha value is -1.70. The van der Waals surface area contributed by atoms with Crippen molar-refractivity contribution in [2.45, 2.75) is 4.21 Å². The van der Waals surface area contributed by atoms with Gasteiger partial charge in [-0.1, -0.05) is 24.3 Å². The minimum Gasteiger partial charge on any atom is -0.314 e. The Morgan fingerprint density at radius 3 is 2.50 bits per heavy atom. The van der Waals surface area contributed by atoms with Crippen molar-refractivity contribution in [3.05, 3.63) is 47.8 Å². The van der Waals surface area contributed by atoms with Crippen LogP contribution in [0, 0.1) is 0 Å². The molecule has 7 heteroatoms. The maximum absolute atomic E-state index is 12.0. The van der Waals surface area contributed by atoms with Crippen molar-refractivity contribution in [1.82, 2.24) is 4.72 Å². The van der Waals surface area contributed by atoms with Gasteiger partial charge in [-0.25, -0.2) is 13.1 Å². The third kappa shape index (κ3) is 3.44. The molecule has 0 aliphatic rings. The SMILES string of the molecule is CN(C(=O)CNS(=O)(=O)c1cccs1)c1ccccc1. The molecular formula is C13H14N2O3S2. The van der Waals surface area contributed by atoms with E-state index in [1.54, 1.807) is 30.6 Å². The number of para-hydroxylation sites is 1. The predicted molar refractivity (Wildman–Crippen MR) is 79.4 cm³/mol. The monoisotopic (exact) mass is 310 g/mol. The molecule has 0 atom stereocenters. The molecule has 0 saturated carbocycles. The van der Waals surface area contributed by atoms with E-state index in [2.05, 4.69) is 4.72 Å². The Morgan fingerprint density at radius 1 is 1.20 bits per heavy atom. The average molecular weight is 310 g/mol. The summed E-state index contributed by atoms with van der Waals surface area (Å²) in [7, 11) is -2.00. The van der Waals surface area contributed by atoms with E-state index in [9.17, 15) is 13.2 Å². The molecule has 0 bridgehead atoms. The van der Waals surface area contributed by atoms with Crippen molar-refractivity contribution < 1.29 is 13.2 Å². The molecular weight excluding hydrogens is 296 g/mol. The number of carbonyl (C=O) groups is 1. The van der Waals surface area contributed by atoms with E-state index in [0.717, 1.165) is 11.3 Å². The molecule has 2 rings (SSSR count). The summed E-state index contributed by atoms with van der Waals surface area (Å²) in [6.07, 6.45) is 0. The zero-order valence-electron chi connectivity index (χ0n) is 10.8. The molecule has 1 amide bonds. The topological polar surface area (TPSA) is 66.5 Å². The number of nitrogens with one attached hydrogen (secondary N) is 1. The van der Waals surface area contributed by atoms with Gasteiger partial charge in [0, 0.05) is 12.7 Å². The number of nitrogens with zero attached hydrogens (tertiary/aromatic N) is 1. The van der Waals surface area contributed by atoms with Crippen LogP contribution < -0.4 is 9.62 Å². The van der Waals surface area contributed by atoms with E-state index in [1.165, 1.54) is 11.0 Å². The Labute approximate surface area is 121 Å². The molecule has 5 nitrogen and oxygen atoms in total. The van der Waals surface area contributed by atoms with Crippen LogP contribution in [-0.4, -0.2) is 27.9 Å². The van der Waals surface area contributed by atoms with Crippen molar-refractivity contribution in [2.24, 2.45) is 0 Å². The number of thiophene rings is 1. The summed E-state index contributed by atoms with van der Waals surface area (Å²) in [6.45, 7) is -0.272. The summed E-state index contributed by atoms with van der Waals surface area (Å²) < 4.78 is 26.3. The third-order valence-corrected chi connectivity index (χ3v) is 5.49. The summed E-state index contributed by atoms with van der Waals surface area (Å²) in [5.74, 6) is -0.323. The molecule has 1 N–H and O–H groups in total. The van der Waals surface area contributed by atoms with E-state index in [0.29, 0.717) is 5.69 Å². The number of sulfonamides is 1. The van der Waals surface area contributed by atoms with Gasteiger partial charge >= 0.3 is 0 Å². The highest BCUT2D eigenvalue weighted by atomic mass is 32.2. The molecule has 0 unspecified atom stereocenters. The second-order valence-electron chi connectivity index (χ2n) is 4.04. The van der Waals surface area contributed by atoms with Crippen LogP contribution in [-0.2, 0) is 14.8 Å². The third-order valence-electron chi connectivity index (χ3n) is 2.69. The first-order chi connectivity index (χ1) is 9.50. The molecule has 0 saturated heterocycles. The van der Waals surface area contributed by atoms with E-state index in [4.69, 9.17) is 0 Å². The number of hydrogen-bond donors (Lipinski definition) is 1. The molecule has 2 aromatic rings. The van der Waals surface area contributed by atoms with Crippen LogP contribution >= 0.6 is 11.3 Å². The molecule has 1 aromatic heterocycles. The van der Waals surface area contributed by atoms with Crippen LogP contribution in [0.5, 0.6) is 0 Å². The maximum Gasteiger partial charge on any atom is 0.250 e. The maximum atomic E-state index is 12.0. The fourth-order valence-corrected chi connectivity index (χ4v) is 3.57. The van der Waals surface area contributed by atoms with Gasteiger partial charge in [0.1, 0.15) is 4.21 Å². The van der Waals surface area contributed by atoms with Crippen LogP contribution in [0.15, 0.2) is 52.1 Å². The summed E-state index contributed by atoms with van der Waals surface area (Å²) >= 11 is 1.11. The zero-order valence-corrected chi connectivity index (χ0v) is 12.4. The lowest BCUT2D eigenvalue weighted by molar-refractivity contribution is -0.117. The molecule has 1 aromatic carbocycles. The molecule has 0 fully saturated rings. The minimum absolute atomic E-state index is 0.202. The first kappa shape index (κ1) is 14.7. The van der Waals surface area contributed by atoms with E-state index < -0.39 is 10.0 Å². The predicted octanol–water partition coefficient (Wildman–Crippen LogP) is 1.69. The lowest BCUT2D eigenvalue weighted by atomic mass is 10.3. The molecule has 0 spiro atoms. The quantitative estimate of drug-likeness (QED) is 0.914. The number of likely N-dealkylation sites (N-methyl/N-ethyl adjacent to an activating group) is 1. The fraction of sp³-hybridized carbons (Fsp3) is 0.154. The molecule has 0 aliphatic carbocycles. The lowest BCUT2D eigenvalue weighted by Crippen LogP contribution is -2.37. The minimum atomic E-state index is -3.61. The van der Waals surface area contributed by atoms with Crippen molar-refractivity contribution in [2.75, 3.05) is 18.5 Å². The van der Waals surface area contributed by atoms with Crippen LogP contribution in [0.25, 0.3) is 0 Å². The van der Waals surface area contributed by atoms with Crippen molar-refractivity contribution in [3.8, 4) is 0 Å². The van der Waals surface area contributed by atoms with Crippen molar-refractivity contribution in [1.29, 1.82) is 0 Å². The van der Waals surface area contributed by atoms with Gasteiger partial charge in [-0.15, -0.1) is 11.3 Å². The van der Waals surface area contributed by atoms with Gasteiger partial charge in [0.25, 0.3) is 10.0 Å². The Balaban J connectivity index is 1.99. The highest BCUT2D eigenvalue weighted by molar-refractivity contribution is 7.91. The molecule has 0 aliphatic heterocycles. The Kier molecular flexibility index (Phi) is 4.53. The lowest BCUT2D eigenvalue weighted by Gasteiger charge is -2.17. The number of hydrogen-bond acceptors (Lipinski definition) is 4. The van der Waals surface area contributed by atoms with Gasteiger partial charge in [-0.2, -0.15) is 0 Å². The van der Waals surface area contributed by atoms with Crippen LogP contribution in [0.4, 0.5) is 5.69 Å². The van der Waals surface area contributed by atoms with Gasteiger partial charge in [0.2, 0.25) is 5.91 Å². The van der Waals surface area contributed by atoms with Gasteiger partial charge in [0.15, 0.2) is 0 Å². The number of anilines is 1. The normalized spacial score (nSPS) is 11.2. The summed E-state index contributed by atoms with van der Waals surface area (Å²) in [4.78, 5) is 13.4. The zero-order chi connectivity index (χ0) is 14.6. The average Bonchev–Trinajstić information content (AvgIpc) is 3.00. The number of rotatable bonds is 5. The highest BCUT2D eigenvalue weighted by Gasteiger charge is 2.18. The number of carbonyl (C=O) groups excluding carboxylic acids is 1. The standard InChI is InChI=1S/C13H14N2O3S2/c1-15(11-6-3-2-4-7-11)12(16)10-14-20(17,18)13-8-5-9-19-13/h2-9,14H,10H2,1H3. The van der Waals surface area contributed by atoms with Gasteiger partial charge in [-0.05, 0) is 23.6 Å². The second kappa shape index (κ2) is 6.17. The summed E-state index contributed by atoms with van der Waals surface area (Å²) in [5.41, 5.74) is 0.716. The van der Waals surface area contributed by atoms with Crippen LogP contribution in [0.2, 0.25) is 0 Å². The molecule has 106 valence electrons. The summed E-state index contributed by atoms with van der Waals surface area (Å²) in [5, 5.41) is 1.67. The van der Waals surface area contributed by atoms with Crippen LogP contribution in [0.3, 0.4) is 0 Å². The smallest absolute Gasteiger partial charge is 0.250 e. The van der Waals surface area contributed by atoms with Gasteiger partial charge < -0.3 is 4.90 Å². The molecule has 1 heterocycles. The number of benzene rings is 1. The van der Waals surface area contributed by atoms with E-state index >= 15 is 0 Å². The summed E-state index contributed by atoms with van der Waals surface area (Å²) in [6, 6.07) is 12.2. The number of amides is 1.